The van der Waals surface area contributed by atoms with Crippen LogP contribution in [-0.4, -0.2) is 32.5 Å². The monoisotopic (exact) mass is 313 g/mol. The zero-order valence-electron chi connectivity index (χ0n) is 12.9. The summed E-state index contributed by atoms with van der Waals surface area (Å²) < 4.78 is 16.9. The van der Waals surface area contributed by atoms with Crippen LogP contribution in [0.1, 0.15) is 32.3 Å². The summed E-state index contributed by atoms with van der Waals surface area (Å²) in [6.07, 6.45) is 2.68. The van der Waals surface area contributed by atoms with Gasteiger partial charge in [0.15, 0.2) is 11.5 Å². The summed E-state index contributed by atoms with van der Waals surface area (Å²) in [4.78, 5) is 0. The van der Waals surface area contributed by atoms with Crippen LogP contribution in [0.4, 0.5) is 0 Å². The molecule has 0 amide bonds. The summed E-state index contributed by atoms with van der Waals surface area (Å²) in [6.45, 7) is 6.39. The van der Waals surface area contributed by atoms with Gasteiger partial charge in [-0.05, 0) is 32.8 Å². The molecule has 2 rings (SSSR count). The minimum Gasteiger partial charge on any atom is -0.493 e. The van der Waals surface area contributed by atoms with Crippen LogP contribution in [0.5, 0.6) is 11.5 Å². The number of nitrogens with one attached hydrogen (secondary N) is 1. The Morgan fingerprint density at radius 1 is 1.43 bits per heavy atom. The van der Waals surface area contributed by atoms with Crippen molar-refractivity contribution in [1.82, 2.24) is 5.32 Å². The minimum atomic E-state index is 0.0805. The van der Waals surface area contributed by atoms with Gasteiger partial charge in [-0.15, -0.1) is 0 Å². The molecule has 4 nitrogen and oxygen atoms in total. The molecule has 1 aromatic carbocycles. The number of methoxy groups -OCH3 is 1. The minimum absolute atomic E-state index is 0.0805. The molecule has 1 aliphatic heterocycles. The highest BCUT2D eigenvalue weighted by Gasteiger charge is 2.17. The van der Waals surface area contributed by atoms with E-state index in [0.29, 0.717) is 23.4 Å². The predicted octanol–water partition coefficient (Wildman–Crippen LogP) is 3.40. The van der Waals surface area contributed by atoms with Gasteiger partial charge in [0.05, 0.1) is 19.3 Å². The van der Waals surface area contributed by atoms with Crippen LogP contribution in [0.2, 0.25) is 5.02 Å². The largest absolute Gasteiger partial charge is 0.493 e. The molecule has 0 saturated carbocycles. The summed E-state index contributed by atoms with van der Waals surface area (Å²) in [5.41, 5.74) is 1.01. The van der Waals surface area contributed by atoms with Gasteiger partial charge in [0.25, 0.3) is 0 Å². The average Bonchev–Trinajstić information content (AvgIpc) is 2.94. The topological polar surface area (TPSA) is 39.7 Å². The first-order valence-corrected chi connectivity index (χ1v) is 7.83. The lowest BCUT2D eigenvalue weighted by Crippen LogP contribution is -2.26. The molecule has 1 saturated heterocycles. The van der Waals surface area contributed by atoms with Gasteiger partial charge in [0.1, 0.15) is 0 Å². The van der Waals surface area contributed by atoms with Gasteiger partial charge < -0.3 is 19.5 Å². The molecule has 118 valence electrons. The maximum Gasteiger partial charge on any atom is 0.166 e. The number of ether oxygens (including phenoxy) is 3. The van der Waals surface area contributed by atoms with E-state index in [1.54, 1.807) is 13.2 Å². The summed E-state index contributed by atoms with van der Waals surface area (Å²) in [6, 6.07) is 3.70. The summed E-state index contributed by atoms with van der Waals surface area (Å²) in [7, 11) is 1.63. The molecule has 1 heterocycles. The highest BCUT2D eigenvalue weighted by Crippen LogP contribution is 2.35. The van der Waals surface area contributed by atoms with Crippen molar-refractivity contribution in [3.63, 3.8) is 0 Å². The molecular formula is C16H24ClNO3. The Bertz CT molecular complexity index is 459. The van der Waals surface area contributed by atoms with Crippen LogP contribution in [0, 0.1) is 0 Å². The second-order valence-corrected chi connectivity index (χ2v) is 5.97. The van der Waals surface area contributed by atoms with Crippen LogP contribution >= 0.6 is 11.6 Å². The number of benzene rings is 1. The quantitative estimate of drug-likeness (QED) is 0.837. The molecule has 5 heteroatoms. The van der Waals surface area contributed by atoms with E-state index < -0.39 is 0 Å². The first kappa shape index (κ1) is 16.4. The van der Waals surface area contributed by atoms with E-state index in [1.165, 1.54) is 0 Å². The van der Waals surface area contributed by atoms with Gasteiger partial charge >= 0.3 is 0 Å². The molecule has 0 spiro atoms. The molecule has 1 fully saturated rings. The Kier molecular flexibility index (Phi) is 6.15. The fourth-order valence-corrected chi connectivity index (χ4v) is 2.68. The molecule has 1 N–H and O–H groups in total. The molecule has 1 atom stereocenters. The highest BCUT2D eigenvalue weighted by atomic mass is 35.5. The Hall–Kier alpha value is -0.970. The lowest BCUT2D eigenvalue weighted by molar-refractivity contribution is 0.110. The van der Waals surface area contributed by atoms with Crippen LogP contribution < -0.4 is 14.8 Å². The number of rotatable bonds is 7. The Morgan fingerprint density at radius 3 is 2.86 bits per heavy atom. The molecule has 21 heavy (non-hydrogen) atoms. The van der Waals surface area contributed by atoms with Crippen molar-refractivity contribution < 1.29 is 14.2 Å². The van der Waals surface area contributed by atoms with E-state index in [0.717, 1.165) is 37.3 Å². The maximum atomic E-state index is 6.16. The standard InChI is InChI=1S/C16H24ClNO3/c1-11(2)21-16-12(7-13(17)8-15(16)19-3)9-18-10-14-5-4-6-20-14/h7-8,11,14,18H,4-6,9-10H2,1-3H3/t14-/m1/s1. The highest BCUT2D eigenvalue weighted by molar-refractivity contribution is 6.30. The van der Waals surface area contributed by atoms with Gasteiger partial charge in [-0.2, -0.15) is 0 Å². The second-order valence-electron chi connectivity index (χ2n) is 5.53. The molecule has 0 aromatic heterocycles. The molecule has 0 radical (unpaired) electrons. The van der Waals surface area contributed by atoms with Crippen molar-refractivity contribution in [1.29, 1.82) is 0 Å². The van der Waals surface area contributed by atoms with Crippen molar-refractivity contribution >= 4 is 11.6 Å². The molecule has 0 unspecified atom stereocenters. The van der Waals surface area contributed by atoms with Crippen LogP contribution in [0.3, 0.4) is 0 Å². The summed E-state index contributed by atoms with van der Waals surface area (Å²) in [5.74, 6) is 1.43. The van der Waals surface area contributed by atoms with Crippen molar-refractivity contribution in [3.05, 3.63) is 22.7 Å². The van der Waals surface area contributed by atoms with E-state index in [1.807, 2.05) is 19.9 Å². The third-order valence-corrected chi connectivity index (χ3v) is 3.60. The van der Waals surface area contributed by atoms with E-state index in [-0.39, 0.29) is 6.10 Å². The Balaban J connectivity index is 2.06. The smallest absolute Gasteiger partial charge is 0.166 e. The van der Waals surface area contributed by atoms with E-state index in [2.05, 4.69) is 5.32 Å². The van der Waals surface area contributed by atoms with E-state index in [9.17, 15) is 0 Å². The fourth-order valence-electron chi connectivity index (χ4n) is 2.45. The van der Waals surface area contributed by atoms with Crippen molar-refractivity contribution in [2.75, 3.05) is 20.3 Å². The number of hydrogen-bond donors (Lipinski definition) is 1. The van der Waals surface area contributed by atoms with E-state index in [4.69, 9.17) is 25.8 Å². The first-order chi connectivity index (χ1) is 10.1. The lowest BCUT2D eigenvalue weighted by Gasteiger charge is -2.19. The zero-order valence-corrected chi connectivity index (χ0v) is 13.7. The molecule has 1 aromatic rings. The van der Waals surface area contributed by atoms with Gasteiger partial charge in [-0.25, -0.2) is 0 Å². The molecular weight excluding hydrogens is 290 g/mol. The normalized spacial score (nSPS) is 18.2. The molecule has 0 bridgehead atoms. The first-order valence-electron chi connectivity index (χ1n) is 7.45. The van der Waals surface area contributed by atoms with Crippen LogP contribution in [0.25, 0.3) is 0 Å². The Labute approximate surface area is 131 Å². The summed E-state index contributed by atoms with van der Waals surface area (Å²) >= 11 is 6.16. The van der Waals surface area contributed by atoms with Crippen LogP contribution in [-0.2, 0) is 11.3 Å². The third kappa shape index (κ3) is 4.77. The van der Waals surface area contributed by atoms with Crippen molar-refractivity contribution in [3.8, 4) is 11.5 Å². The maximum absolute atomic E-state index is 6.16. The summed E-state index contributed by atoms with van der Waals surface area (Å²) in [5, 5.41) is 4.07. The van der Waals surface area contributed by atoms with Gasteiger partial charge in [-0.3, -0.25) is 0 Å². The van der Waals surface area contributed by atoms with Gasteiger partial charge in [0, 0.05) is 36.3 Å². The number of hydrogen-bond acceptors (Lipinski definition) is 4. The predicted molar refractivity (Wildman–Crippen MR) is 84.4 cm³/mol. The van der Waals surface area contributed by atoms with Gasteiger partial charge in [-0.1, -0.05) is 11.6 Å². The van der Waals surface area contributed by atoms with Crippen LogP contribution in [0.15, 0.2) is 12.1 Å². The average molecular weight is 314 g/mol. The Morgan fingerprint density at radius 2 is 2.24 bits per heavy atom. The number of halogens is 1. The SMILES string of the molecule is COc1cc(Cl)cc(CNC[C@H]2CCCO2)c1OC(C)C. The van der Waals surface area contributed by atoms with Crippen molar-refractivity contribution in [2.45, 2.75) is 45.4 Å². The molecule has 1 aliphatic rings. The fraction of sp³-hybridized carbons (Fsp3) is 0.625. The van der Waals surface area contributed by atoms with Crippen molar-refractivity contribution in [2.24, 2.45) is 0 Å². The van der Waals surface area contributed by atoms with Gasteiger partial charge in [0.2, 0.25) is 0 Å². The molecule has 0 aliphatic carbocycles. The third-order valence-electron chi connectivity index (χ3n) is 3.38. The lowest BCUT2D eigenvalue weighted by atomic mass is 10.1. The second kappa shape index (κ2) is 7.87. The zero-order chi connectivity index (χ0) is 15.2. The van der Waals surface area contributed by atoms with E-state index >= 15 is 0 Å².